The summed E-state index contributed by atoms with van der Waals surface area (Å²) in [5.74, 6) is 0.0581. The van der Waals surface area contributed by atoms with Gasteiger partial charge in [0.2, 0.25) is 0 Å². The Morgan fingerprint density at radius 2 is 1.86 bits per heavy atom. The second-order valence-electron chi connectivity index (χ2n) is 7.27. The number of aromatic nitrogens is 2. The van der Waals surface area contributed by atoms with Crippen LogP contribution in [0.4, 0.5) is 8.78 Å². The minimum absolute atomic E-state index is 0.0347. The predicted molar refractivity (Wildman–Crippen MR) is 113 cm³/mol. The van der Waals surface area contributed by atoms with Crippen LogP contribution in [-0.4, -0.2) is 33.5 Å². The second kappa shape index (κ2) is 9.76. The lowest BCUT2D eigenvalue weighted by Gasteiger charge is -2.29. The molecule has 1 atom stereocenters. The molecule has 0 amide bonds. The minimum Gasteiger partial charge on any atom is -0.433 e. The third-order valence-corrected chi connectivity index (χ3v) is 5.18. The van der Waals surface area contributed by atoms with Crippen LogP contribution in [0.25, 0.3) is 5.70 Å². The Kier molecular flexibility index (Phi) is 7.88. The average molecular weight is 430 g/mol. The smallest absolute Gasteiger partial charge is 0.394 e. The van der Waals surface area contributed by atoms with Crippen LogP contribution in [0.1, 0.15) is 58.7 Å². The molecule has 0 radical (unpaired) electrons. The molecule has 1 aromatic rings. The van der Waals surface area contributed by atoms with Gasteiger partial charge < -0.3 is 4.74 Å². The van der Waals surface area contributed by atoms with Gasteiger partial charge in [0, 0.05) is 14.0 Å². The van der Waals surface area contributed by atoms with Crippen molar-refractivity contribution in [1.29, 1.82) is 0 Å². The molecule has 1 unspecified atom stereocenters. The van der Waals surface area contributed by atoms with E-state index in [1.54, 1.807) is 30.0 Å². The Morgan fingerprint density at radius 1 is 1.24 bits per heavy atom. The van der Waals surface area contributed by atoms with E-state index in [-0.39, 0.29) is 22.4 Å². The topological polar surface area (TPSA) is 39.4 Å². The summed E-state index contributed by atoms with van der Waals surface area (Å²) in [7, 11) is 1.79. The molecule has 8 heteroatoms. The van der Waals surface area contributed by atoms with Gasteiger partial charge >= 0.3 is 6.11 Å². The first-order valence-electron chi connectivity index (χ1n) is 9.97. The zero-order valence-electron chi connectivity index (χ0n) is 17.7. The van der Waals surface area contributed by atoms with Crippen molar-refractivity contribution in [3.63, 3.8) is 0 Å². The molecule has 1 aromatic heterocycles. The Labute approximate surface area is 175 Å². The number of rotatable bonds is 9. The molecule has 0 aliphatic heterocycles. The molecular formula is C21H30ClF2N3O2. The van der Waals surface area contributed by atoms with Crippen molar-refractivity contribution in [2.45, 2.75) is 59.1 Å². The van der Waals surface area contributed by atoms with Gasteiger partial charge in [0.25, 0.3) is 5.56 Å². The zero-order valence-corrected chi connectivity index (χ0v) is 18.5. The van der Waals surface area contributed by atoms with Gasteiger partial charge in [0.1, 0.15) is 10.8 Å². The van der Waals surface area contributed by atoms with Crippen molar-refractivity contribution < 1.29 is 13.5 Å². The van der Waals surface area contributed by atoms with Crippen LogP contribution in [0, 0.1) is 0 Å². The number of allylic oxidation sites excluding steroid dienone is 5. The van der Waals surface area contributed by atoms with Gasteiger partial charge in [-0.05, 0) is 57.5 Å². The Bertz CT molecular complexity index is 857. The lowest BCUT2D eigenvalue weighted by atomic mass is 10.2. The van der Waals surface area contributed by atoms with E-state index in [9.17, 15) is 13.6 Å². The maximum atomic E-state index is 13.1. The largest absolute Gasteiger partial charge is 0.433 e. The molecule has 5 nitrogen and oxygen atoms in total. The summed E-state index contributed by atoms with van der Waals surface area (Å²) in [4.78, 5) is 15.2. The SMILES string of the molecule is CCCN(CCC)C(C)c1c(Cl)c(=O)n(C2=CCC=C(OC(C)(F)F)C=C2)n1C. The van der Waals surface area contributed by atoms with Crippen molar-refractivity contribution in [3.8, 4) is 0 Å². The highest BCUT2D eigenvalue weighted by Crippen LogP contribution is 2.28. The van der Waals surface area contributed by atoms with Gasteiger partial charge in [-0.2, -0.15) is 8.78 Å². The highest BCUT2D eigenvalue weighted by Gasteiger charge is 2.27. The van der Waals surface area contributed by atoms with Gasteiger partial charge in [-0.15, -0.1) is 0 Å². The number of nitrogens with zero attached hydrogens (tertiary/aromatic N) is 3. The molecule has 1 aliphatic carbocycles. The van der Waals surface area contributed by atoms with Crippen LogP contribution in [0.3, 0.4) is 0 Å². The lowest BCUT2D eigenvalue weighted by Crippen LogP contribution is -2.30. The fourth-order valence-electron chi connectivity index (χ4n) is 3.62. The first-order chi connectivity index (χ1) is 13.6. The summed E-state index contributed by atoms with van der Waals surface area (Å²) < 4.78 is 34.1. The summed E-state index contributed by atoms with van der Waals surface area (Å²) in [6.45, 7) is 8.79. The van der Waals surface area contributed by atoms with Crippen LogP contribution < -0.4 is 5.56 Å². The third-order valence-electron chi connectivity index (χ3n) is 4.82. The number of ether oxygens (including phenoxy) is 1. The highest BCUT2D eigenvalue weighted by atomic mass is 35.5. The van der Waals surface area contributed by atoms with Crippen LogP contribution in [0.5, 0.6) is 0 Å². The van der Waals surface area contributed by atoms with Crippen molar-refractivity contribution >= 4 is 17.3 Å². The fraction of sp³-hybridized carbons (Fsp3) is 0.571. The van der Waals surface area contributed by atoms with Crippen molar-refractivity contribution in [3.05, 3.63) is 51.1 Å². The van der Waals surface area contributed by atoms with Gasteiger partial charge in [-0.25, -0.2) is 4.68 Å². The summed E-state index contributed by atoms with van der Waals surface area (Å²) in [5, 5.41) is 0.181. The van der Waals surface area contributed by atoms with Crippen LogP contribution in [-0.2, 0) is 11.8 Å². The molecule has 1 heterocycles. The van der Waals surface area contributed by atoms with E-state index in [1.165, 1.54) is 10.8 Å². The Morgan fingerprint density at radius 3 is 2.41 bits per heavy atom. The molecule has 1 aliphatic rings. The third kappa shape index (κ3) is 5.60. The van der Waals surface area contributed by atoms with Gasteiger partial charge in [-0.3, -0.25) is 14.4 Å². The van der Waals surface area contributed by atoms with E-state index in [0.29, 0.717) is 19.0 Å². The molecule has 2 rings (SSSR count). The number of halogens is 3. The Balaban J connectivity index is 2.39. The second-order valence-corrected chi connectivity index (χ2v) is 7.64. The summed E-state index contributed by atoms with van der Waals surface area (Å²) in [6, 6.07) is -0.0347. The van der Waals surface area contributed by atoms with Gasteiger partial charge in [0.05, 0.1) is 17.4 Å². The summed E-state index contributed by atoms with van der Waals surface area (Å²) >= 11 is 6.47. The Hall–Kier alpha value is -1.86. The molecule has 0 spiro atoms. The van der Waals surface area contributed by atoms with Crippen LogP contribution in [0.2, 0.25) is 5.02 Å². The molecule has 29 heavy (non-hydrogen) atoms. The molecule has 0 bridgehead atoms. The van der Waals surface area contributed by atoms with E-state index in [0.717, 1.165) is 31.6 Å². The molecule has 0 N–H and O–H groups in total. The van der Waals surface area contributed by atoms with Crippen molar-refractivity contribution in [2.75, 3.05) is 13.1 Å². The normalized spacial score (nSPS) is 15.9. The molecule has 0 saturated carbocycles. The standard InChI is InChI=1S/C21H30ClF2N3O2/c1-6-13-26(14-7-2)15(3)19-18(22)20(28)27(25(19)5)16-9-8-10-17(12-11-16)29-21(4,23)24/h9-12,15H,6-8,13-14H2,1-5H3. The first-order valence-corrected chi connectivity index (χ1v) is 10.4. The van der Waals surface area contributed by atoms with E-state index in [1.807, 2.05) is 6.92 Å². The van der Waals surface area contributed by atoms with Gasteiger partial charge in [0.15, 0.2) is 0 Å². The molecule has 0 aromatic carbocycles. The van der Waals surface area contributed by atoms with E-state index >= 15 is 0 Å². The predicted octanol–water partition coefficient (Wildman–Crippen LogP) is 5.34. The fourth-order valence-corrected chi connectivity index (χ4v) is 3.98. The number of hydrogen-bond donors (Lipinski definition) is 0. The maximum absolute atomic E-state index is 13.1. The van der Waals surface area contributed by atoms with Gasteiger partial charge in [-0.1, -0.05) is 31.5 Å². The van der Waals surface area contributed by atoms with E-state index in [4.69, 9.17) is 11.6 Å². The van der Waals surface area contributed by atoms with Crippen LogP contribution in [0.15, 0.2) is 34.9 Å². The quantitative estimate of drug-likeness (QED) is 0.532. The maximum Gasteiger partial charge on any atom is 0.394 e. The molecule has 162 valence electrons. The zero-order chi connectivity index (χ0) is 21.8. The van der Waals surface area contributed by atoms with Crippen molar-refractivity contribution in [2.24, 2.45) is 7.05 Å². The van der Waals surface area contributed by atoms with Crippen LogP contribution >= 0.6 is 11.6 Å². The number of hydrogen-bond acceptors (Lipinski definition) is 3. The molecular weight excluding hydrogens is 400 g/mol. The number of alkyl halides is 2. The average Bonchev–Trinajstić information content (AvgIpc) is 2.78. The first kappa shape index (κ1) is 23.4. The summed E-state index contributed by atoms with van der Waals surface area (Å²) in [6.07, 6.45) is 5.44. The monoisotopic (exact) mass is 429 g/mol. The minimum atomic E-state index is -3.27. The summed E-state index contributed by atoms with van der Waals surface area (Å²) in [5.41, 5.74) is 0.969. The molecule has 0 saturated heterocycles. The van der Waals surface area contributed by atoms with E-state index in [2.05, 4.69) is 23.5 Å². The van der Waals surface area contributed by atoms with Crippen molar-refractivity contribution in [1.82, 2.24) is 14.3 Å². The molecule has 0 fully saturated rings. The highest BCUT2D eigenvalue weighted by molar-refractivity contribution is 6.31. The van der Waals surface area contributed by atoms with E-state index < -0.39 is 6.11 Å². The lowest BCUT2D eigenvalue weighted by molar-refractivity contribution is -0.195.